The number of aromatic nitrogens is 2. The van der Waals surface area contributed by atoms with Crippen LogP contribution in [0.5, 0.6) is 11.5 Å². The van der Waals surface area contributed by atoms with Crippen LogP contribution in [0.1, 0.15) is 103 Å². The van der Waals surface area contributed by atoms with Gasteiger partial charge in [0.25, 0.3) is 0 Å². The molecule has 422 valence electrons. The van der Waals surface area contributed by atoms with E-state index in [-0.39, 0.29) is 35.2 Å². The zero-order valence-electron chi connectivity index (χ0n) is 48.8. The third-order valence-corrected chi connectivity index (χ3v) is 16.3. The molecule has 2 aromatic heterocycles. The number of nitrogens with zero attached hydrogens (tertiary/aromatic N) is 4. The second-order valence-corrected chi connectivity index (χ2v) is 24.7. The number of halogens is 5. The van der Waals surface area contributed by atoms with Crippen LogP contribution in [-0.2, 0) is 10.8 Å². The van der Waals surface area contributed by atoms with Crippen LogP contribution in [0, 0.1) is 29.1 Å². The quantitative estimate of drug-likeness (QED) is 0.0734. The Morgan fingerprint density at radius 3 is 1.64 bits per heavy atom. The molecule has 3 heterocycles. The van der Waals surface area contributed by atoms with Crippen molar-refractivity contribution in [2.24, 2.45) is 0 Å². The van der Waals surface area contributed by atoms with Gasteiger partial charge in [0, 0.05) is 45.9 Å². The lowest BCUT2D eigenvalue weighted by Crippen LogP contribution is -2.25. The third-order valence-electron chi connectivity index (χ3n) is 16.3. The van der Waals surface area contributed by atoms with Crippen molar-refractivity contribution in [3.05, 3.63) is 240 Å². The minimum absolute atomic E-state index is 0.0625. The molecule has 0 aliphatic carbocycles. The van der Waals surface area contributed by atoms with Crippen molar-refractivity contribution >= 4 is 44.6 Å². The average molecular weight is 1120 g/mol. The van der Waals surface area contributed by atoms with Gasteiger partial charge in [-0.2, -0.15) is 0 Å². The van der Waals surface area contributed by atoms with E-state index in [1.807, 2.05) is 111 Å². The van der Waals surface area contributed by atoms with Gasteiger partial charge >= 0.3 is 0 Å². The number of hydrogen-bond acceptors (Lipinski definition) is 4. The minimum Gasteiger partial charge on any atom is -0.457 e. The van der Waals surface area contributed by atoms with E-state index < -0.39 is 40.1 Å². The molecule has 0 saturated carbocycles. The van der Waals surface area contributed by atoms with Gasteiger partial charge in [0.05, 0.1) is 33.7 Å². The van der Waals surface area contributed by atoms with E-state index in [0.717, 1.165) is 83.5 Å². The molecule has 5 nitrogen and oxygen atoms in total. The van der Waals surface area contributed by atoms with Crippen LogP contribution in [0.25, 0.3) is 72.1 Å². The first-order chi connectivity index (χ1) is 40.1. The maximum absolute atomic E-state index is 16.8. The number of anilines is 4. The smallest absolute Gasteiger partial charge is 0.200 e. The molecule has 0 spiro atoms. The molecule has 12 rings (SSSR count). The van der Waals surface area contributed by atoms with E-state index in [2.05, 4.69) is 155 Å². The summed E-state index contributed by atoms with van der Waals surface area (Å²) in [7, 11) is 0. The van der Waals surface area contributed by atoms with Crippen molar-refractivity contribution in [3.63, 3.8) is 0 Å². The maximum Gasteiger partial charge on any atom is 0.200 e. The number of para-hydroxylation sites is 3. The molecule has 84 heavy (non-hydrogen) atoms. The number of ether oxygens (including phenoxy) is 1. The number of rotatable bonds is 11. The maximum atomic E-state index is 16.8. The molecule has 0 bridgehead atoms. The van der Waals surface area contributed by atoms with Crippen molar-refractivity contribution in [2.75, 3.05) is 16.5 Å². The van der Waals surface area contributed by atoms with Gasteiger partial charge in [0.2, 0.25) is 5.82 Å². The Morgan fingerprint density at radius 1 is 0.440 bits per heavy atom. The summed E-state index contributed by atoms with van der Waals surface area (Å²) < 4.78 is 89.4. The summed E-state index contributed by atoms with van der Waals surface area (Å²) >= 11 is 0. The highest BCUT2D eigenvalue weighted by atomic mass is 19.2. The fourth-order valence-corrected chi connectivity index (χ4v) is 11.6. The first kappa shape index (κ1) is 55.5. The van der Waals surface area contributed by atoms with Crippen LogP contribution in [0.3, 0.4) is 0 Å². The lowest BCUT2D eigenvalue weighted by Gasteiger charge is -2.31. The highest BCUT2D eigenvalue weighted by Crippen LogP contribution is 2.54. The Balaban J connectivity index is 1.06. The summed E-state index contributed by atoms with van der Waals surface area (Å²) in [5.41, 5.74) is 11.6. The van der Waals surface area contributed by atoms with Crippen molar-refractivity contribution in [2.45, 2.75) is 91.9 Å². The fraction of sp³-hybridized carbons (Fsp3) is 0.203. The molecule has 10 heteroatoms. The van der Waals surface area contributed by atoms with Crippen molar-refractivity contribution in [1.29, 1.82) is 0 Å². The van der Waals surface area contributed by atoms with Gasteiger partial charge in [0.15, 0.2) is 23.3 Å². The standard InChI is InChI=1S/C74H65F5N4O/c1-43(2)48-32-49(44(3)4)34-51(33-48)59-37-53(74(8,9)10)38-60(66-67(75)69(77)71(79)70(78)68(66)76)72(59)82-42-81(62-22-16-17-23-63(62)82)54-35-50(47-26-24-46(25-27-47)45-18-12-11-13-19-45)36-56(40-54)84-55-28-29-58-57-20-14-15-21-61(57)83(64(58)41-55)65-39-52(30-31-80-65)73(5,6)7/h11-41,43-44H,42H2,1-10H3. The van der Waals surface area contributed by atoms with Crippen molar-refractivity contribution in [3.8, 4) is 61.8 Å². The van der Waals surface area contributed by atoms with Crippen LogP contribution >= 0.6 is 0 Å². The first-order valence-electron chi connectivity index (χ1n) is 28.6. The molecule has 0 saturated heterocycles. The Bertz CT molecular complexity index is 4310. The SMILES string of the molecule is CC(C)c1cc(-c2cc(C(C)(C)C)cc(-c3c(F)c(F)c(F)c(F)c3F)c2N2CN(c3cc(Oc4ccc5c6ccccc6n(-c6cc(C(C)(C)C)ccn6)c5c4)cc(-c4ccc(-c5ccccc5)cc4)c3)c3ccccc32)cc(C(C)C)c1. The first-order valence-corrected chi connectivity index (χ1v) is 28.6. The van der Waals surface area contributed by atoms with Crippen LogP contribution in [0.2, 0.25) is 0 Å². The molecule has 0 amide bonds. The second-order valence-electron chi connectivity index (χ2n) is 24.7. The van der Waals surface area contributed by atoms with Crippen molar-refractivity contribution < 1.29 is 26.7 Å². The van der Waals surface area contributed by atoms with Gasteiger partial charge in [-0.15, -0.1) is 0 Å². The predicted octanol–water partition coefficient (Wildman–Crippen LogP) is 21.4. The summed E-state index contributed by atoms with van der Waals surface area (Å²) in [5.74, 6) is -7.96. The Morgan fingerprint density at radius 2 is 1.00 bits per heavy atom. The topological polar surface area (TPSA) is 33.5 Å². The van der Waals surface area contributed by atoms with Crippen LogP contribution in [-0.4, -0.2) is 16.2 Å². The van der Waals surface area contributed by atoms with Crippen LogP contribution in [0.4, 0.5) is 44.7 Å². The molecule has 1 aliphatic heterocycles. The summed E-state index contributed by atoms with van der Waals surface area (Å²) in [6.45, 7) is 21.0. The molecule has 0 radical (unpaired) electrons. The molecule has 0 fully saturated rings. The molecule has 11 aromatic rings. The van der Waals surface area contributed by atoms with Crippen LogP contribution in [0.15, 0.2) is 188 Å². The summed E-state index contributed by atoms with van der Waals surface area (Å²) in [6.07, 6.45) is 1.86. The summed E-state index contributed by atoms with van der Waals surface area (Å²) in [4.78, 5) is 8.96. The van der Waals surface area contributed by atoms with E-state index in [1.54, 1.807) is 6.07 Å². The molecule has 0 N–H and O–H groups in total. The van der Waals surface area contributed by atoms with Crippen molar-refractivity contribution in [1.82, 2.24) is 9.55 Å². The molecule has 0 atom stereocenters. The second kappa shape index (κ2) is 21.3. The highest BCUT2D eigenvalue weighted by molar-refractivity contribution is 6.09. The zero-order valence-corrected chi connectivity index (χ0v) is 48.8. The largest absolute Gasteiger partial charge is 0.457 e. The molecular formula is C74H65F5N4O. The highest BCUT2D eigenvalue weighted by Gasteiger charge is 2.37. The van der Waals surface area contributed by atoms with Gasteiger partial charge in [-0.1, -0.05) is 172 Å². The monoisotopic (exact) mass is 1120 g/mol. The number of pyridine rings is 1. The number of fused-ring (bicyclic) bond motifs is 4. The molecule has 9 aromatic carbocycles. The fourth-order valence-electron chi connectivity index (χ4n) is 11.6. The zero-order chi connectivity index (χ0) is 59.1. The third kappa shape index (κ3) is 10.0. The van der Waals surface area contributed by atoms with E-state index in [4.69, 9.17) is 9.72 Å². The molecule has 1 aliphatic rings. The van der Waals surface area contributed by atoms with Gasteiger partial charge in [-0.05, 0) is 139 Å². The minimum atomic E-state index is -2.22. The summed E-state index contributed by atoms with van der Waals surface area (Å²) in [5, 5.41) is 2.12. The Labute approximate surface area is 488 Å². The van der Waals surface area contributed by atoms with Gasteiger partial charge < -0.3 is 14.5 Å². The van der Waals surface area contributed by atoms with E-state index in [1.165, 1.54) is 0 Å². The molecular weight excluding hydrogens is 1060 g/mol. The average Bonchev–Trinajstić information content (AvgIpc) is 1.91. The lowest BCUT2D eigenvalue weighted by molar-refractivity contribution is 0.381. The number of hydrogen-bond donors (Lipinski definition) is 0. The predicted molar refractivity (Wildman–Crippen MR) is 334 cm³/mol. The Hall–Kier alpha value is -9.02. The number of benzene rings is 9. The lowest BCUT2D eigenvalue weighted by atomic mass is 9.81. The Kier molecular flexibility index (Phi) is 14.1. The van der Waals surface area contributed by atoms with Gasteiger partial charge in [0.1, 0.15) is 24.0 Å². The van der Waals surface area contributed by atoms with E-state index in [9.17, 15) is 0 Å². The normalized spacial score (nSPS) is 12.8. The molecule has 0 unspecified atom stereocenters. The summed E-state index contributed by atoms with van der Waals surface area (Å²) in [6, 6.07) is 61.0. The van der Waals surface area contributed by atoms with Crippen LogP contribution < -0.4 is 14.5 Å². The van der Waals surface area contributed by atoms with E-state index >= 15 is 22.0 Å². The van der Waals surface area contributed by atoms with Gasteiger partial charge in [-0.25, -0.2) is 26.9 Å². The van der Waals surface area contributed by atoms with E-state index in [0.29, 0.717) is 28.3 Å². The van der Waals surface area contributed by atoms with Gasteiger partial charge in [-0.3, -0.25) is 4.57 Å².